The molecule has 0 amide bonds. The van der Waals surface area contributed by atoms with Crippen LogP contribution in [0.3, 0.4) is 0 Å². The first kappa shape index (κ1) is 72.2. The van der Waals surface area contributed by atoms with Crippen LogP contribution in [-0.4, -0.2) is 102 Å². The van der Waals surface area contributed by atoms with Gasteiger partial charge < -0.3 is 80.5 Å². The van der Waals surface area contributed by atoms with Crippen LogP contribution in [-0.2, 0) is 83.0 Å². The van der Waals surface area contributed by atoms with Crippen molar-refractivity contribution < 1.29 is 152 Å². The van der Waals surface area contributed by atoms with Crippen molar-refractivity contribution in [2.75, 3.05) is 0 Å². The van der Waals surface area contributed by atoms with Gasteiger partial charge in [0.05, 0.1) is 11.5 Å². The average Bonchev–Trinajstić information content (AvgIpc) is 0.719. The predicted octanol–water partition coefficient (Wildman–Crippen LogP) is 6.81. The molecule has 0 bridgehead atoms. The number of fused-ring (bicyclic) bond motifs is 2. The van der Waals surface area contributed by atoms with E-state index in [4.69, 9.17) is 80.5 Å². The Bertz CT molecular complexity index is 4080. The first-order valence-corrected chi connectivity index (χ1v) is 28.5. The molecule has 2 aliphatic heterocycles. The fourth-order valence-electron chi connectivity index (χ4n) is 10.1. The summed E-state index contributed by atoms with van der Waals surface area (Å²) in [4.78, 5) is 197. The average molecular weight is 1350 g/mol. The van der Waals surface area contributed by atoms with Crippen LogP contribution in [0.25, 0.3) is 0 Å². The molecule has 5 aromatic rings. The van der Waals surface area contributed by atoms with Gasteiger partial charge >= 0.3 is 89.5 Å². The number of esters is 15. The third-order valence-corrected chi connectivity index (χ3v) is 12.8. The van der Waals surface area contributed by atoms with Gasteiger partial charge in [-0.15, -0.1) is 0 Å². The zero-order valence-electron chi connectivity index (χ0n) is 53.9. The maximum absolute atomic E-state index is 15.7. The summed E-state index contributed by atoms with van der Waals surface area (Å²) in [5.74, 6) is -27.8. The molecule has 0 saturated carbocycles. The topological polar surface area (TPSA) is 413 Å². The van der Waals surface area contributed by atoms with Crippen LogP contribution in [0.5, 0.6) is 86.2 Å². The summed E-state index contributed by atoms with van der Waals surface area (Å²) in [6.07, 6.45) is -8.54. The van der Waals surface area contributed by atoms with Gasteiger partial charge in [0.1, 0.15) is 40.6 Å². The van der Waals surface area contributed by atoms with E-state index in [1.807, 2.05) is 0 Å². The number of benzene rings is 5. The van der Waals surface area contributed by atoms with Crippen molar-refractivity contribution >= 4 is 89.5 Å². The zero-order valence-corrected chi connectivity index (χ0v) is 53.9. The molecule has 0 aliphatic carbocycles. The summed E-state index contributed by atoms with van der Waals surface area (Å²) in [6, 6.07) is 8.74. The molecule has 7 rings (SSSR count). The molecule has 32 heteroatoms. The van der Waals surface area contributed by atoms with E-state index in [1.165, 1.54) is 0 Å². The van der Waals surface area contributed by atoms with Crippen molar-refractivity contribution in [2.45, 2.75) is 134 Å². The molecule has 5 aromatic carbocycles. The van der Waals surface area contributed by atoms with E-state index < -0.39 is 235 Å². The normalized spacial score (nSPS) is 15.5. The molecular formula is C65H58O32. The molecule has 5 atom stereocenters. The molecule has 97 heavy (non-hydrogen) atoms. The highest BCUT2D eigenvalue weighted by atomic mass is 16.6. The summed E-state index contributed by atoms with van der Waals surface area (Å²) in [7, 11) is 0. The van der Waals surface area contributed by atoms with E-state index in [0.29, 0.717) is 0 Å². The summed E-state index contributed by atoms with van der Waals surface area (Å²) < 4.78 is 98.3. The second-order valence-electron chi connectivity index (χ2n) is 20.9. The molecule has 0 fully saturated rings. The highest BCUT2D eigenvalue weighted by Crippen LogP contribution is 2.60. The quantitative estimate of drug-likeness (QED) is 0.0604. The SMILES string of the molecule is CC(=O)Oc1cc(OC(C)=O)c2c(c1)OC(c1cc(OC(C)=O)c(OC(C)=O)c(OC(C)=O)c1)C(OC(=O)c1cc(OC(C)=O)c(OC(C)=O)c(OC(C)=O)c1)C2c1c(OC(C)=O)cc(OC(C)=O)c2c1OC(c1cc(OC(C)=O)c(OC(C)=O)c(OC(C)=O)c1)C(OC(C)=O)C2. The lowest BCUT2D eigenvalue weighted by molar-refractivity contribution is -0.153. The van der Waals surface area contributed by atoms with Crippen LogP contribution < -0.4 is 71.1 Å². The Hall–Kier alpha value is -12.3. The van der Waals surface area contributed by atoms with Crippen LogP contribution in [0.2, 0.25) is 0 Å². The fourth-order valence-corrected chi connectivity index (χ4v) is 10.1. The van der Waals surface area contributed by atoms with Crippen LogP contribution in [0.15, 0.2) is 54.6 Å². The van der Waals surface area contributed by atoms with Gasteiger partial charge in [-0.25, -0.2) is 4.79 Å². The van der Waals surface area contributed by atoms with Gasteiger partial charge in [-0.3, -0.25) is 67.1 Å². The Labute approximate surface area is 548 Å². The predicted molar refractivity (Wildman–Crippen MR) is 316 cm³/mol. The van der Waals surface area contributed by atoms with Crippen LogP contribution >= 0.6 is 0 Å². The summed E-state index contributed by atoms with van der Waals surface area (Å²) in [5.41, 5.74) is -2.60. The van der Waals surface area contributed by atoms with Gasteiger partial charge in [-0.1, -0.05) is 0 Å². The number of carbonyl (C=O) groups excluding carboxylic acids is 15. The van der Waals surface area contributed by atoms with Crippen molar-refractivity contribution in [2.24, 2.45) is 0 Å². The lowest BCUT2D eigenvalue weighted by Crippen LogP contribution is -2.41. The minimum Gasteiger partial charge on any atom is -0.481 e. The standard InChI is InChI=1S/C65H58O32/c1-25(66)81-42-21-45(83-27(3)68)55-46(22-42)95-59(40-17-50(87-31(7)72)62(93-37(13)78)51(18-40)88-32(8)73)64(97-65(80)41-19-52(89-33(9)74)63(94-38(14)79)53(20-41)90-34(10)75)57(55)56-47(84-28(4)69)24-44(82-26(2)67)43-23-54(91-35(11)76)58(96-60(43)56)39-15-48(85-29(5)70)61(92-36(12)77)49(16-39)86-30(6)71/h15-22,24,54,57-59,64H,23H2,1-14H3. The molecule has 0 saturated heterocycles. The maximum atomic E-state index is 15.7. The Morgan fingerprint density at radius 2 is 0.660 bits per heavy atom. The van der Waals surface area contributed by atoms with Crippen molar-refractivity contribution in [3.63, 3.8) is 0 Å². The molecule has 0 spiro atoms. The largest absolute Gasteiger partial charge is 0.481 e. The van der Waals surface area contributed by atoms with Gasteiger partial charge in [0.15, 0.2) is 52.8 Å². The van der Waals surface area contributed by atoms with Crippen molar-refractivity contribution in [3.8, 4) is 86.2 Å². The van der Waals surface area contributed by atoms with Gasteiger partial charge in [0.25, 0.3) is 0 Å². The number of ether oxygens (including phenoxy) is 17. The monoisotopic (exact) mass is 1350 g/mol. The molecule has 2 heterocycles. The van der Waals surface area contributed by atoms with E-state index in [0.717, 1.165) is 152 Å². The third-order valence-electron chi connectivity index (χ3n) is 12.8. The van der Waals surface area contributed by atoms with E-state index in [1.54, 1.807) is 0 Å². The minimum absolute atomic E-state index is 0.244. The van der Waals surface area contributed by atoms with Crippen LogP contribution in [0, 0.1) is 0 Å². The smallest absolute Gasteiger partial charge is 0.338 e. The van der Waals surface area contributed by atoms with Crippen molar-refractivity contribution in [1.82, 2.24) is 0 Å². The van der Waals surface area contributed by atoms with Gasteiger partial charge in [-0.2, -0.15) is 0 Å². The number of rotatable bonds is 19. The molecule has 2 aliphatic rings. The van der Waals surface area contributed by atoms with E-state index in [2.05, 4.69) is 0 Å². The molecule has 0 aromatic heterocycles. The fraction of sp³-hybridized carbons (Fsp3) is 0.308. The Morgan fingerprint density at radius 1 is 0.320 bits per heavy atom. The van der Waals surface area contributed by atoms with Crippen LogP contribution in [0.4, 0.5) is 0 Å². The lowest BCUT2D eigenvalue weighted by atomic mass is 9.77. The third kappa shape index (κ3) is 18.1. The maximum Gasteiger partial charge on any atom is 0.338 e. The van der Waals surface area contributed by atoms with Gasteiger partial charge in [0.2, 0.25) is 17.2 Å². The summed E-state index contributed by atoms with van der Waals surface area (Å²) >= 11 is 0. The highest BCUT2D eigenvalue weighted by molar-refractivity contribution is 5.93. The van der Waals surface area contributed by atoms with E-state index in [9.17, 15) is 67.1 Å². The van der Waals surface area contributed by atoms with Crippen LogP contribution in [0.1, 0.15) is 153 Å². The number of carbonyl (C=O) groups is 15. The van der Waals surface area contributed by atoms with Gasteiger partial charge in [-0.05, 0) is 36.4 Å². The number of hydrogen-bond donors (Lipinski definition) is 0. The lowest BCUT2D eigenvalue weighted by Gasteiger charge is -2.42. The Kier molecular flexibility index (Phi) is 22.5. The van der Waals surface area contributed by atoms with E-state index in [-0.39, 0.29) is 11.1 Å². The summed E-state index contributed by atoms with van der Waals surface area (Å²) in [5, 5.41) is 0. The van der Waals surface area contributed by atoms with Crippen molar-refractivity contribution in [3.05, 3.63) is 88.0 Å². The zero-order chi connectivity index (χ0) is 71.8. The number of hydrogen-bond acceptors (Lipinski definition) is 32. The highest BCUT2D eigenvalue weighted by Gasteiger charge is 2.51. The second-order valence-corrected chi connectivity index (χ2v) is 20.9. The second kappa shape index (κ2) is 30.2. The van der Waals surface area contributed by atoms with E-state index >= 15 is 4.79 Å². The molecule has 5 unspecified atom stereocenters. The van der Waals surface area contributed by atoms with Gasteiger partial charge in [0, 0.05) is 149 Å². The van der Waals surface area contributed by atoms with Crippen molar-refractivity contribution in [1.29, 1.82) is 0 Å². The molecule has 0 radical (unpaired) electrons. The molecule has 32 nitrogen and oxygen atoms in total. The minimum atomic E-state index is -2.31. The first-order valence-electron chi connectivity index (χ1n) is 28.5. The Balaban J connectivity index is 1.76. The molecule has 510 valence electrons. The first-order chi connectivity index (χ1) is 45.5. The summed E-state index contributed by atoms with van der Waals surface area (Å²) in [6.45, 7) is 13.3. The molecular weight excluding hydrogens is 1290 g/mol. The Morgan fingerprint density at radius 3 is 1.03 bits per heavy atom. The molecule has 0 N–H and O–H groups in total.